The van der Waals surface area contributed by atoms with E-state index in [1.54, 1.807) is 0 Å². The van der Waals surface area contributed by atoms with Crippen molar-refractivity contribution in [2.75, 3.05) is 0 Å². The number of benzene rings is 1. The Morgan fingerprint density at radius 3 is 2.50 bits per heavy atom. The molecule has 64 valence electrons. The fourth-order valence-electron chi connectivity index (χ4n) is 0.955. The molecule has 0 heterocycles. The number of carbonyl (C=O) groups is 1. The molecule has 0 aliphatic rings. The van der Waals surface area contributed by atoms with Gasteiger partial charge in [-0.05, 0) is 12.0 Å². The number of hydrogen-bond acceptors (Lipinski definition) is 2. The molecule has 0 spiro atoms. The molecular weight excluding hydrogens is 155 g/mol. The van der Waals surface area contributed by atoms with Crippen molar-refractivity contribution in [1.29, 1.82) is 0 Å². The standard InChI is InChI=1S/C9H11NO2/c10-8(9(11)12)6-7-4-2-1-3-5-7/h1-5,8H,6,10H2,(H,11,12)/t8-/m0/s1/i7+1. The second-order valence-electron chi connectivity index (χ2n) is 2.63. The molecule has 1 aromatic carbocycles. The number of carboxylic acids is 1. The summed E-state index contributed by atoms with van der Waals surface area (Å²) in [7, 11) is 0. The minimum Gasteiger partial charge on any atom is -0.480 e. The molecule has 0 saturated heterocycles. The third-order valence-corrected chi connectivity index (χ3v) is 1.62. The van der Waals surface area contributed by atoms with E-state index in [9.17, 15) is 4.79 Å². The second kappa shape index (κ2) is 3.88. The monoisotopic (exact) mass is 166 g/mol. The fraction of sp³-hybridized carbons (Fsp3) is 0.222. The molecule has 0 aliphatic carbocycles. The Hall–Kier alpha value is -1.35. The Labute approximate surface area is 70.8 Å². The third kappa shape index (κ3) is 2.36. The molecule has 0 aliphatic heterocycles. The summed E-state index contributed by atoms with van der Waals surface area (Å²) in [5.41, 5.74) is 6.30. The van der Waals surface area contributed by atoms with E-state index in [0.717, 1.165) is 5.56 Å². The van der Waals surface area contributed by atoms with E-state index in [1.165, 1.54) is 0 Å². The van der Waals surface area contributed by atoms with Crippen molar-refractivity contribution in [3.05, 3.63) is 35.9 Å². The first-order valence-electron chi connectivity index (χ1n) is 3.72. The predicted molar refractivity (Wildman–Crippen MR) is 45.8 cm³/mol. The molecule has 0 fully saturated rings. The molecule has 3 nitrogen and oxygen atoms in total. The van der Waals surface area contributed by atoms with E-state index in [4.69, 9.17) is 10.8 Å². The number of carboxylic acid groups (broad SMARTS) is 1. The quantitative estimate of drug-likeness (QED) is 0.692. The number of nitrogens with two attached hydrogens (primary N) is 1. The smallest absolute Gasteiger partial charge is 0.320 e. The molecule has 3 N–H and O–H groups in total. The lowest BCUT2D eigenvalue weighted by Crippen LogP contribution is -2.32. The van der Waals surface area contributed by atoms with Crippen molar-refractivity contribution >= 4 is 5.97 Å². The van der Waals surface area contributed by atoms with Gasteiger partial charge >= 0.3 is 5.97 Å². The van der Waals surface area contributed by atoms with E-state index >= 15 is 0 Å². The highest BCUT2D eigenvalue weighted by molar-refractivity contribution is 5.73. The molecule has 0 aromatic heterocycles. The molecule has 0 unspecified atom stereocenters. The maximum atomic E-state index is 10.4. The molecule has 0 amide bonds. The van der Waals surface area contributed by atoms with E-state index in [0.29, 0.717) is 6.42 Å². The average Bonchev–Trinajstić information content (AvgIpc) is 2.06. The SMILES string of the molecule is N[C@@H](C[13c]1ccccc1)C(=O)O. The van der Waals surface area contributed by atoms with Gasteiger partial charge in [0.15, 0.2) is 0 Å². The minimum absolute atomic E-state index is 0.385. The van der Waals surface area contributed by atoms with Crippen LogP contribution in [0.1, 0.15) is 5.56 Å². The lowest BCUT2D eigenvalue weighted by molar-refractivity contribution is -0.138. The van der Waals surface area contributed by atoms with Crippen LogP contribution in [0.3, 0.4) is 0 Å². The highest BCUT2D eigenvalue weighted by atomic mass is 16.4. The molecule has 3 heteroatoms. The van der Waals surface area contributed by atoms with Crippen LogP contribution in [0, 0.1) is 0 Å². The van der Waals surface area contributed by atoms with Crippen LogP contribution in [0.2, 0.25) is 0 Å². The lowest BCUT2D eigenvalue weighted by atomic mass is 10.2. The van der Waals surface area contributed by atoms with Gasteiger partial charge in [0, 0.05) is 0 Å². The van der Waals surface area contributed by atoms with Crippen LogP contribution in [0.4, 0.5) is 0 Å². The maximum absolute atomic E-state index is 10.4. The average molecular weight is 166 g/mol. The first-order chi connectivity index (χ1) is 5.70. The highest BCUT2D eigenvalue weighted by Crippen LogP contribution is 2.01. The molecule has 0 radical (unpaired) electrons. The van der Waals surface area contributed by atoms with Gasteiger partial charge in [0.2, 0.25) is 0 Å². The second-order valence-corrected chi connectivity index (χ2v) is 2.63. The lowest BCUT2D eigenvalue weighted by Gasteiger charge is -2.04. The highest BCUT2D eigenvalue weighted by Gasteiger charge is 2.10. The van der Waals surface area contributed by atoms with Crippen LogP contribution in [0.5, 0.6) is 0 Å². The van der Waals surface area contributed by atoms with Crippen molar-refractivity contribution < 1.29 is 9.90 Å². The molecule has 1 rings (SSSR count). The van der Waals surface area contributed by atoms with Crippen LogP contribution < -0.4 is 5.73 Å². The largest absolute Gasteiger partial charge is 0.480 e. The van der Waals surface area contributed by atoms with Crippen LogP contribution >= 0.6 is 0 Å². The Bertz CT molecular complexity index is 258. The van der Waals surface area contributed by atoms with Gasteiger partial charge in [0.1, 0.15) is 6.04 Å². The number of aliphatic carboxylic acids is 1. The van der Waals surface area contributed by atoms with Gasteiger partial charge in [-0.15, -0.1) is 0 Å². The van der Waals surface area contributed by atoms with Crippen molar-refractivity contribution in [3.8, 4) is 0 Å². The topological polar surface area (TPSA) is 63.3 Å². The van der Waals surface area contributed by atoms with Crippen LogP contribution in [-0.4, -0.2) is 17.1 Å². The molecule has 0 saturated carbocycles. The Morgan fingerprint density at radius 1 is 1.42 bits per heavy atom. The summed E-state index contributed by atoms with van der Waals surface area (Å²) >= 11 is 0. The van der Waals surface area contributed by atoms with E-state index in [-0.39, 0.29) is 0 Å². The van der Waals surface area contributed by atoms with Gasteiger partial charge in [-0.25, -0.2) is 0 Å². The predicted octanol–water partition coefficient (Wildman–Crippen LogP) is 0.641. The van der Waals surface area contributed by atoms with Gasteiger partial charge < -0.3 is 10.8 Å². The maximum Gasteiger partial charge on any atom is 0.320 e. The molecule has 1 aromatic rings. The van der Waals surface area contributed by atoms with Gasteiger partial charge in [-0.2, -0.15) is 0 Å². The summed E-state index contributed by atoms with van der Waals surface area (Å²) < 4.78 is 0. The van der Waals surface area contributed by atoms with Crippen molar-refractivity contribution in [1.82, 2.24) is 0 Å². The summed E-state index contributed by atoms with van der Waals surface area (Å²) in [5, 5.41) is 8.52. The number of hydrogen-bond donors (Lipinski definition) is 2. The zero-order valence-corrected chi connectivity index (χ0v) is 6.60. The van der Waals surface area contributed by atoms with E-state index < -0.39 is 12.0 Å². The summed E-state index contributed by atoms with van der Waals surface area (Å²) in [6.07, 6.45) is 0.385. The Kier molecular flexibility index (Phi) is 2.82. The van der Waals surface area contributed by atoms with Crippen molar-refractivity contribution in [3.63, 3.8) is 0 Å². The normalized spacial score (nSPS) is 12.4. The van der Waals surface area contributed by atoms with Crippen LogP contribution in [0.25, 0.3) is 0 Å². The zero-order valence-electron chi connectivity index (χ0n) is 6.60. The van der Waals surface area contributed by atoms with Gasteiger partial charge in [-0.1, -0.05) is 30.3 Å². The minimum atomic E-state index is -0.959. The van der Waals surface area contributed by atoms with Crippen LogP contribution in [0.15, 0.2) is 30.3 Å². The summed E-state index contributed by atoms with van der Waals surface area (Å²) in [4.78, 5) is 10.4. The molecule has 1 atom stereocenters. The first kappa shape index (κ1) is 8.74. The summed E-state index contributed by atoms with van der Waals surface area (Å²) in [6, 6.07) is 8.54. The molecule has 0 bridgehead atoms. The zero-order chi connectivity index (χ0) is 8.97. The molecular formula is C9H11NO2. The van der Waals surface area contributed by atoms with Crippen LogP contribution in [-0.2, 0) is 11.2 Å². The first-order valence-corrected chi connectivity index (χ1v) is 3.72. The molecule has 12 heavy (non-hydrogen) atoms. The van der Waals surface area contributed by atoms with Crippen molar-refractivity contribution in [2.24, 2.45) is 5.73 Å². The fourth-order valence-corrected chi connectivity index (χ4v) is 0.955. The Balaban J connectivity index is 2.58. The van der Waals surface area contributed by atoms with E-state index in [2.05, 4.69) is 0 Å². The van der Waals surface area contributed by atoms with Crippen molar-refractivity contribution in [2.45, 2.75) is 12.5 Å². The van der Waals surface area contributed by atoms with Gasteiger partial charge in [0.05, 0.1) is 0 Å². The van der Waals surface area contributed by atoms with Gasteiger partial charge in [-0.3, -0.25) is 4.79 Å². The number of rotatable bonds is 3. The third-order valence-electron chi connectivity index (χ3n) is 1.62. The van der Waals surface area contributed by atoms with E-state index in [1.807, 2.05) is 30.3 Å². The summed E-state index contributed by atoms with van der Waals surface area (Å²) in [5.74, 6) is -0.959. The van der Waals surface area contributed by atoms with Gasteiger partial charge in [0.25, 0.3) is 0 Å². The Morgan fingerprint density at radius 2 is 2.00 bits per heavy atom. The summed E-state index contributed by atoms with van der Waals surface area (Å²) in [6.45, 7) is 0.